The molecule has 0 unspecified atom stereocenters. The fraction of sp³-hybridized carbons (Fsp3) is 0.667. The van der Waals surface area contributed by atoms with E-state index in [9.17, 15) is 9.59 Å². The van der Waals surface area contributed by atoms with E-state index in [4.69, 9.17) is 9.47 Å². The topological polar surface area (TPSA) is 67.9 Å². The summed E-state index contributed by atoms with van der Waals surface area (Å²) in [6, 6.07) is 9.64. The minimum absolute atomic E-state index is 0.252. The van der Waals surface area contributed by atoms with Crippen molar-refractivity contribution in [1.82, 2.24) is 10.2 Å². The summed E-state index contributed by atoms with van der Waals surface area (Å²) in [5.41, 5.74) is 0.968. The standard InChI is InChI=1S/C24H38N2O4/c1-2-3-4-8-13-22(30-24(28)25-16-19-26-17-9-10-18-26)14-15-23(27)29-20-21-11-6-5-7-12-21/h5-7,11-12,22H,2-4,8-10,13-20H2,1H3,(H,25,28)/t22-/m1/s1. The Kier molecular flexibility index (Phi) is 12.0. The van der Waals surface area contributed by atoms with Crippen LogP contribution in [0.4, 0.5) is 4.79 Å². The van der Waals surface area contributed by atoms with E-state index in [2.05, 4.69) is 17.1 Å². The van der Waals surface area contributed by atoms with Crippen LogP contribution in [0.3, 0.4) is 0 Å². The van der Waals surface area contributed by atoms with E-state index >= 15 is 0 Å². The fourth-order valence-electron chi connectivity index (χ4n) is 3.67. The summed E-state index contributed by atoms with van der Waals surface area (Å²) >= 11 is 0. The number of hydrogen-bond acceptors (Lipinski definition) is 5. The Hall–Kier alpha value is -2.08. The van der Waals surface area contributed by atoms with E-state index in [1.54, 1.807) is 0 Å². The third kappa shape index (κ3) is 10.6. The molecule has 30 heavy (non-hydrogen) atoms. The highest BCUT2D eigenvalue weighted by Gasteiger charge is 2.17. The van der Waals surface area contributed by atoms with E-state index in [1.165, 1.54) is 19.3 Å². The molecule has 1 fully saturated rings. The van der Waals surface area contributed by atoms with Crippen LogP contribution in [0.1, 0.15) is 70.3 Å². The number of nitrogens with zero attached hydrogens (tertiary/aromatic N) is 1. The van der Waals surface area contributed by atoms with Crippen LogP contribution in [-0.4, -0.2) is 49.2 Å². The number of benzene rings is 1. The highest BCUT2D eigenvalue weighted by atomic mass is 16.6. The summed E-state index contributed by atoms with van der Waals surface area (Å²) in [6.45, 7) is 6.13. The van der Waals surface area contributed by atoms with Gasteiger partial charge in [-0.05, 0) is 50.8 Å². The van der Waals surface area contributed by atoms with Crippen molar-refractivity contribution in [3.05, 3.63) is 35.9 Å². The molecule has 1 aromatic rings. The van der Waals surface area contributed by atoms with E-state index in [1.807, 2.05) is 30.3 Å². The van der Waals surface area contributed by atoms with Crippen molar-refractivity contribution in [3.63, 3.8) is 0 Å². The molecule has 1 N–H and O–H groups in total. The van der Waals surface area contributed by atoms with Gasteiger partial charge in [-0.3, -0.25) is 4.79 Å². The lowest BCUT2D eigenvalue weighted by Gasteiger charge is -2.19. The lowest BCUT2D eigenvalue weighted by atomic mass is 10.1. The predicted octanol–water partition coefficient (Wildman–Crippen LogP) is 4.67. The van der Waals surface area contributed by atoms with Crippen LogP contribution in [0, 0.1) is 0 Å². The maximum Gasteiger partial charge on any atom is 0.407 e. The number of ether oxygens (including phenoxy) is 2. The van der Waals surface area contributed by atoms with Crippen molar-refractivity contribution in [2.75, 3.05) is 26.2 Å². The Balaban J connectivity index is 1.69. The van der Waals surface area contributed by atoms with Crippen LogP contribution in [0.2, 0.25) is 0 Å². The second-order valence-corrected chi connectivity index (χ2v) is 8.04. The molecule has 1 heterocycles. The van der Waals surface area contributed by atoms with Gasteiger partial charge in [0.05, 0.1) is 0 Å². The minimum Gasteiger partial charge on any atom is -0.461 e. The maximum absolute atomic E-state index is 12.2. The number of nitrogens with one attached hydrogen (secondary N) is 1. The molecule has 1 aliphatic heterocycles. The summed E-state index contributed by atoms with van der Waals surface area (Å²) in [7, 11) is 0. The minimum atomic E-state index is -0.382. The third-order valence-corrected chi connectivity index (χ3v) is 5.46. The average molecular weight is 419 g/mol. The molecular weight excluding hydrogens is 380 g/mol. The second kappa shape index (κ2) is 14.8. The lowest BCUT2D eigenvalue weighted by Crippen LogP contribution is -2.35. The van der Waals surface area contributed by atoms with Gasteiger partial charge in [-0.1, -0.05) is 56.5 Å². The van der Waals surface area contributed by atoms with Crippen LogP contribution < -0.4 is 5.32 Å². The van der Waals surface area contributed by atoms with Gasteiger partial charge in [0, 0.05) is 19.5 Å². The number of amides is 1. The molecule has 0 aromatic heterocycles. The van der Waals surface area contributed by atoms with Crippen molar-refractivity contribution < 1.29 is 19.1 Å². The van der Waals surface area contributed by atoms with Gasteiger partial charge in [-0.15, -0.1) is 0 Å². The van der Waals surface area contributed by atoms with E-state index in [0.29, 0.717) is 13.0 Å². The van der Waals surface area contributed by atoms with Crippen LogP contribution in [0.5, 0.6) is 0 Å². The normalized spacial score (nSPS) is 15.0. The number of alkyl carbamates (subject to hydrolysis) is 1. The number of likely N-dealkylation sites (tertiary alicyclic amines) is 1. The molecule has 0 spiro atoms. The number of esters is 1. The Labute approximate surface area is 181 Å². The number of rotatable bonds is 14. The van der Waals surface area contributed by atoms with Gasteiger partial charge in [-0.2, -0.15) is 0 Å². The molecule has 2 rings (SSSR count). The van der Waals surface area contributed by atoms with Crippen LogP contribution in [-0.2, 0) is 20.9 Å². The summed E-state index contributed by atoms with van der Waals surface area (Å²) < 4.78 is 11.0. The van der Waals surface area contributed by atoms with Gasteiger partial charge in [0.25, 0.3) is 0 Å². The summed E-state index contributed by atoms with van der Waals surface area (Å²) in [6.07, 6.45) is 7.84. The number of unbranched alkanes of at least 4 members (excludes halogenated alkanes) is 3. The molecular formula is C24H38N2O4. The van der Waals surface area contributed by atoms with Crippen molar-refractivity contribution in [1.29, 1.82) is 0 Å². The molecule has 6 nitrogen and oxygen atoms in total. The van der Waals surface area contributed by atoms with E-state index in [-0.39, 0.29) is 31.2 Å². The van der Waals surface area contributed by atoms with Gasteiger partial charge >= 0.3 is 12.1 Å². The van der Waals surface area contributed by atoms with Crippen molar-refractivity contribution >= 4 is 12.1 Å². The van der Waals surface area contributed by atoms with Crippen molar-refractivity contribution in [3.8, 4) is 0 Å². The molecule has 1 aromatic carbocycles. The average Bonchev–Trinajstić information content (AvgIpc) is 3.27. The van der Waals surface area contributed by atoms with Gasteiger partial charge in [0.2, 0.25) is 0 Å². The first kappa shape index (κ1) is 24.2. The van der Waals surface area contributed by atoms with Crippen molar-refractivity contribution in [2.24, 2.45) is 0 Å². The molecule has 0 bridgehead atoms. The Morgan fingerprint density at radius 3 is 2.57 bits per heavy atom. The second-order valence-electron chi connectivity index (χ2n) is 8.04. The Morgan fingerprint density at radius 2 is 1.83 bits per heavy atom. The first-order valence-corrected chi connectivity index (χ1v) is 11.5. The van der Waals surface area contributed by atoms with E-state index < -0.39 is 0 Å². The molecule has 168 valence electrons. The molecule has 1 atom stereocenters. The first-order valence-electron chi connectivity index (χ1n) is 11.5. The summed E-state index contributed by atoms with van der Waals surface area (Å²) in [4.78, 5) is 26.7. The van der Waals surface area contributed by atoms with Crippen LogP contribution in [0.25, 0.3) is 0 Å². The zero-order chi connectivity index (χ0) is 21.4. The molecule has 0 radical (unpaired) electrons. The molecule has 0 saturated carbocycles. The predicted molar refractivity (Wildman–Crippen MR) is 118 cm³/mol. The smallest absolute Gasteiger partial charge is 0.407 e. The van der Waals surface area contributed by atoms with Crippen LogP contribution >= 0.6 is 0 Å². The number of carbonyl (C=O) groups excluding carboxylic acids is 2. The zero-order valence-corrected chi connectivity index (χ0v) is 18.4. The SMILES string of the molecule is CCCCCC[C@H](CCC(=O)OCc1ccccc1)OC(=O)NCCN1CCCC1. The molecule has 1 saturated heterocycles. The van der Waals surface area contributed by atoms with Crippen LogP contribution in [0.15, 0.2) is 30.3 Å². The Bertz CT molecular complexity index is 602. The molecule has 0 aliphatic carbocycles. The monoisotopic (exact) mass is 418 g/mol. The summed E-state index contributed by atoms with van der Waals surface area (Å²) in [5, 5.41) is 2.86. The number of carbonyl (C=O) groups is 2. The highest BCUT2D eigenvalue weighted by Crippen LogP contribution is 2.14. The van der Waals surface area contributed by atoms with Gasteiger partial charge in [0.1, 0.15) is 12.7 Å². The van der Waals surface area contributed by atoms with Gasteiger partial charge < -0.3 is 19.7 Å². The van der Waals surface area contributed by atoms with Gasteiger partial charge in [0.15, 0.2) is 0 Å². The lowest BCUT2D eigenvalue weighted by molar-refractivity contribution is -0.145. The highest BCUT2D eigenvalue weighted by molar-refractivity contribution is 5.70. The zero-order valence-electron chi connectivity index (χ0n) is 18.4. The Morgan fingerprint density at radius 1 is 1.07 bits per heavy atom. The fourth-order valence-corrected chi connectivity index (χ4v) is 3.67. The number of hydrogen-bond donors (Lipinski definition) is 1. The quantitative estimate of drug-likeness (QED) is 0.351. The largest absolute Gasteiger partial charge is 0.461 e. The third-order valence-electron chi connectivity index (χ3n) is 5.46. The molecule has 6 heteroatoms. The maximum atomic E-state index is 12.2. The van der Waals surface area contributed by atoms with Gasteiger partial charge in [-0.25, -0.2) is 4.79 Å². The van der Waals surface area contributed by atoms with Crippen molar-refractivity contribution in [2.45, 2.75) is 77.4 Å². The first-order chi connectivity index (χ1) is 14.7. The van der Waals surface area contributed by atoms with E-state index in [0.717, 1.165) is 50.9 Å². The molecule has 1 amide bonds. The summed E-state index contributed by atoms with van der Waals surface area (Å²) in [5.74, 6) is -0.254. The molecule has 1 aliphatic rings.